The number of aliphatic hydroxyl groups is 1. The SMILES string of the molecule is CSc1ccc(/C=C2/C(C)=C(CCO)c3cc(F)c(F)cc32)cc1. The zero-order chi connectivity index (χ0) is 17.3. The molecule has 0 aliphatic heterocycles. The molecule has 124 valence electrons. The van der Waals surface area contributed by atoms with Crippen molar-refractivity contribution in [3.63, 3.8) is 0 Å². The highest BCUT2D eigenvalue weighted by Crippen LogP contribution is 2.44. The van der Waals surface area contributed by atoms with Crippen LogP contribution in [0.3, 0.4) is 0 Å². The van der Waals surface area contributed by atoms with Crippen molar-refractivity contribution in [2.24, 2.45) is 0 Å². The van der Waals surface area contributed by atoms with Gasteiger partial charge in [-0.05, 0) is 83.4 Å². The molecule has 1 aliphatic rings. The first-order chi connectivity index (χ1) is 11.5. The average Bonchev–Trinajstić information content (AvgIpc) is 2.82. The first-order valence-electron chi connectivity index (χ1n) is 7.71. The molecule has 0 atom stereocenters. The summed E-state index contributed by atoms with van der Waals surface area (Å²) in [6.45, 7) is 1.91. The highest BCUT2D eigenvalue weighted by Gasteiger charge is 2.25. The lowest BCUT2D eigenvalue weighted by Gasteiger charge is -2.06. The van der Waals surface area contributed by atoms with Gasteiger partial charge in [-0.3, -0.25) is 0 Å². The third kappa shape index (κ3) is 3.04. The molecule has 24 heavy (non-hydrogen) atoms. The Labute approximate surface area is 144 Å². The lowest BCUT2D eigenvalue weighted by atomic mass is 10.0. The molecule has 1 nitrogen and oxygen atoms in total. The molecule has 4 heteroatoms. The zero-order valence-corrected chi connectivity index (χ0v) is 14.4. The Kier molecular flexibility index (Phi) is 4.88. The van der Waals surface area contributed by atoms with Gasteiger partial charge >= 0.3 is 0 Å². The van der Waals surface area contributed by atoms with Gasteiger partial charge < -0.3 is 5.11 Å². The molecule has 1 aliphatic carbocycles. The summed E-state index contributed by atoms with van der Waals surface area (Å²) in [4.78, 5) is 1.17. The molecule has 0 heterocycles. The van der Waals surface area contributed by atoms with E-state index in [9.17, 15) is 13.9 Å². The van der Waals surface area contributed by atoms with E-state index in [1.165, 1.54) is 17.0 Å². The molecule has 0 aromatic heterocycles. The second kappa shape index (κ2) is 6.91. The highest BCUT2D eigenvalue weighted by atomic mass is 32.2. The fourth-order valence-corrected chi connectivity index (χ4v) is 3.48. The van der Waals surface area contributed by atoms with Crippen molar-refractivity contribution in [1.29, 1.82) is 0 Å². The number of hydrogen-bond donors (Lipinski definition) is 1. The second-order valence-corrected chi connectivity index (χ2v) is 6.60. The number of halogens is 2. The van der Waals surface area contributed by atoms with Crippen LogP contribution in [-0.2, 0) is 0 Å². The number of aliphatic hydroxyl groups excluding tert-OH is 1. The maximum Gasteiger partial charge on any atom is 0.159 e. The highest BCUT2D eigenvalue weighted by molar-refractivity contribution is 7.98. The van der Waals surface area contributed by atoms with E-state index in [4.69, 9.17) is 0 Å². The Morgan fingerprint density at radius 1 is 1.04 bits per heavy atom. The Morgan fingerprint density at radius 2 is 1.67 bits per heavy atom. The number of rotatable bonds is 4. The molecule has 1 N–H and O–H groups in total. The minimum Gasteiger partial charge on any atom is -0.396 e. The molecule has 0 bridgehead atoms. The van der Waals surface area contributed by atoms with Crippen molar-refractivity contribution in [2.45, 2.75) is 18.2 Å². The topological polar surface area (TPSA) is 20.2 Å². The van der Waals surface area contributed by atoms with E-state index < -0.39 is 11.6 Å². The third-order valence-electron chi connectivity index (χ3n) is 4.32. The number of hydrogen-bond acceptors (Lipinski definition) is 2. The molecule has 0 spiro atoms. The van der Waals surface area contributed by atoms with Crippen LogP contribution in [0.5, 0.6) is 0 Å². The van der Waals surface area contributed by atoms with Crippen molar-refractivity contribution in [3.05, 3.63) is 70.3 Å². The molecule has 0 unspecified atom stereocenters. The van der Waals surface area contributed by atoms with E-state index >= 15 is 0 Å². The van der Waals surface area contributed by atoms with Crippen molar-refractivity contribution < 1.29 is 13.9 Å². The largest absolute Gasteiger partial charge is 0.396 e. The number of fused-ring (bicyclic) bond motifs is 1. The van der Waals surface area contributed by atoms with Gasteiger partial charge in [0.2, 0.25) is 0 Å². The minimum absolute atomic E-state index is 0.0270. The van der Waals surface area contributed by atoms with Crippen molar-refractivity contribution in [1.82, 2.24) is 0 Å². The Balaban J connectivity index is 2.13. The van der Waals surface area contributed by atoms with E-state index in [-0.39, 0.29) is 6.61 Å². The number of benzene rings is 2. The van der Waals surface area contributed by atoms with Gasteiger partial charge in [-0.15, -0.1) is 11.8 Å². The summed E-state index contributed by atoms with van der Waals surface area (Å²) >= 11 is 1.67. The maximum atomic E-state index is 13.8. The summed E-state index contributed by atoms with van der Waals surface area (Å²) in [7, 11) is 0. The van der Waals surface area contributed by atoms with Gasteiger partial charge in [0.1, 0.15) is 0 Å². The Bertz CT molecular complexity index is 835. The fourth-order valence-electron chi connectivity index (χ4n) is 3.07. The van der Waals surface area contributed by atoms with Crippen LogP contribution in [0, 0.1) is 11.6 Å². The van der Waals surface area contributed by atoms with Gasteiger partial charge in [0.05, 0.1) is 0 Å². The van der Waals surface area contributed by atoms with Crippen LogP contribution in [-0.4, -0.2) is 18.0 Å². The van der Waals surface area contributed by atoms with Crippen molar-refractivity contribution in [2.75, 3.05) is 12.9 Å². The number of thioether (sulfide) groups is 1. The smallest absolute Gasteiger partial charge is 0.159 e. The van der Waals surface area contributed by atoms with E-state index in [0.29, 0.717) is 17.5 Å². The first kappa shape index (κ1) is 16.9. The van der Waals surface area contributed by atoms with Crippen LogP contribution < -0.4 is 0 Å². The summed E-state index contributed by atoms with van der Waals surface area (Å²) in [5, 5.41) is 9.30. The van der Waals surface area contributed by atoms with Crippen LogP contribution in [0.4, 0.5) is 8.78 Å². The van der Waals surface area contributed by atoms with Crippen molar-refractivity contribution >= 4 is 29.0 Å². The summed E-state index contributed by atoms with van der Waals surface area (Å²) in [6, 6.07) is 10.6. The monoisotopic (exact) mass is 344 g/mol. The molecular formula is C20H18F2OS. The molecule has 0 saturated heterocycles. The Morgan fingerprint density at radius 3 is 2.25 bits per heavy atom. The van der Waals surface area contributed by atoms with Crippen molar-refractivity contribution in [3.8, 4) is 0 Å². The van der Waals surface area contributed by atoms with Gasteiger partial charge in [-0.2, -0.15) is 0 Å². The van der Waals surface area contributed by atoms with Gasteiger partial charge in [0, 0.05) is 11.5 Å². The molecule has 0 saturated carbocycles. The molecule has 2 aromatic carbocycles. The lowest BCUT2D eigenvalue weighted by molar-refractivity contribution is 0.305. The second-order valence-electron chi connectivity index (χ2n) is 5.72. The fraction of sp³-hybridized carbons (Fsp3) is 0.200. The van der Waals surface area contributed by atoms with Gasteiger partial charge in [-0.25, -0.2) is 8.78 Å². The number of allylic oxidation sites excluding steroid dienone is 2. The van der Waals surface area contributed by atoms with E-state index in [1.807, 2.05) is 43.5 Å². The van der Waals surface area contributed by atoms with E-state index in [0.717, 1.165) is 22.3 Å². The van der Waals surface area contributed by atoms with E-state index in [2.05, 4.69) is 0 Å². The van der Waals surface area contributed by atoms with Crippen LogP contribution in [0.25, 0.3) is 17.2 Å². The molecule has 0 fully saturated rings. The Hall–Kier alpha value is -1.91. The van der Waals surface area contributed by atoms with Crippen LogP contribution in [0.2, 0.25) is 0 Å². The molecular weight excluding hydrogens is 326 g/mol. The minimum atomic E-state index is -0.859. The maximum absolute atomic E-state index is 13.8. The van der Waals surface area contributed by atoms with Crippen LogP contribution in [0.15, 0.2) is 46.9 Å². The summed E-state index contributed by atoms with van der Waals surface area (Å²) in [5.41, 5.74) is 5.07. The van der Waals surface area contributed by atoms with Gasteiger partial charge in [-0.1, -0.05) is 12.1 Å². The van der Waals surface area contributed by atoms with Crippen LogP contribution in [0.1, 0.15) is 30.0 Å². The summed E-state index contributed by atoms with van der Waals surface area (Å²) < 4.78 is 27.4. The summed E-state index contributed by atoms with van der Waals surface area (Å²) in [5.74, 6) is -1.71. The predicted octanol–water partition coefficient (Wildman–Crippen LogP) is 5.40. The normalized spacial score (nSPS) is 15.3. The quantitative estimate of drug-likeness (QED) is 0.750. The van der Waals surface area contributed by atoms with E-state index in [1.54, 1.807) is 11.8 Å². The third-order valence-corrected chi connectivity index (χ3v) is 5.06. The lowest BCUT2D eigenvalue weighted by Crippen LogP contribution is -1.93. The average molecular weight is 344 g/mol. The summed E-state index contributed by atoms with van der Waals surface area (Å²) in [6.07, 6.45) is 4.43. The standard InChI is InChI=1S/C20H18F2OS/c1-12-15(7-8-23)17-10-19(21)20(22)11-18(17)16(12)9-13-3-5-14(24-2)6-4-13/h3-6,9-11,23H,7-8H2,1-2H3/b16-9-. The van der Waals surface area contributed by atoms with Gasteiger partial charge in [0.15, 0.2) is 11.6 Å². The van der Waals surface area contributed by atoms with Gasteiger partial charge in [0.25, 0.3) is 0 Å². The zero-order valence-electron chi connectivity index (χ0n) is 13.6. The first-order valence-corrected chi connectivity index (χ1v) is 8.94. The molecule has 0 amide bonds. The molecule has 3 rings (SSSR count). The molecule has 0 radical (unpaired) electrons. The predicted molar refractivity (Wildman–Crippen MR) is 96.7 cm³/mol. The van der Waals surface area contributed by atoms with Crippen LogP contribution >= 0.6 is 11.8 Å². The molecule has 2 aromatic rings.